The van der Waals surface area contributed by atoms with Crippen LogP contribution >= 0.6 is 0 Å². The number of piperidine rings is 1. The average molecular weight is 248 g/mol. The number of nitrogens with one attached hydrogen (secondary N) is 1. The molecule has 4 nitrogen and oxygen atoms in total. The van der Waals surface area contributed by atoms with Gasteiger partial charge in [-0.3, -0.25) is 5.32 Å². The highest BCUT2D eigenvalue weighted by molar-refractivity contribution is 5.85. The fourth-order valence-corrected chi connectivity index (χ4v) is 2.22. The van der Waals surface area contributed by atoms with Crippen molar-refractivity contribution in [3.8, 4) is 0 Å². The molecule has 1 fully saturated rings. The number of benzene rings is 1. The molecule has 1 N–H and O–H groups in total. The van der Waals surface area contributed by atoms with Gasteiger partial charge < -0.3 is 9.64 Å². The lowest BCUT2D eigenvalue weighted by Gasteiger charge is -2.29. The van der Waals surface area contributed by atoms with E-state index in [1.54, 1.807) is 0 Å². The third kappa shape index (κ3) is 3.47. The summed E-state index contributed by atoms with van der Waals surface area (Å²) < 4.78 is 5.43. The van der Waals surface area contributed by atoms with Crippen molar-refractivity contribution in [1.29, 1.82) is 0 Å². The van der Waals surface area contributed by atoms with Gasteiger partial charge in [-0.25, -0.2) is 4.79 Å². The van der Waals surface area contributed by atoms with E-state index < -0.39 is 0 Å². The predicted octanol–water partition coefficient (Wildman–Crippen LogP) is 2.64. The van der Waals surface area contributed by atoms with Crippen molar-refractivity contribution in [3.63, 3.8) is 0 Å². The van der Waals surface area contributed by atoms with Crippen LogP contribution in [-0.4, -0.2) is 37.2 Å². The minimum absolute atomic E-state index is 0.00719. The van der Waals surface area contributed by atoms with E-state index in [4.69, 9.17) is 4.74 Å². The summed E-state index contributed by atoms with van der Waals surface area (Å²) in [6, 6.07) is 7.69. The summed E-state index contributed by atoms with van der Waals surface area (Å²) in [6.45, 7) is 3.87. The molecule has 0 bridgehead atoms. The molecule has 1 aromatic carbocycles. The topological polar surface area (TPSA) is 41.6 Å². The lowest BCUT2D eigenvalue weighted by Crippen LogP contribution is -2.38. The van der Waals surface area contributed by atoms with Crippen LogP contribution in [0.3, 0.4) is 0 Å². The van der Waals surface area contributed by atoms with Crippen LogP contribution in [0.4, 0.5) is 10.5 Å². The molecule has 0 saturated carbocycles. The van der Waals surface area contributed by atoms with Crippen molar-refractivity contribution in [2.45, 2.75) is 25.9 Å². The van der Waals surface area contributed by atoms with Gasteiger partial charge in [0.15, 0.2) is 0 Å². The van der Waals surface area contributed by atoms with Gasteiger partial charge in [0.2, 0.25) is 0 Å². The number of rotatable bonds is 2. The third-order valence-corrected chi connectivity index (χ3v) is 3.24. The maximum atomic E-state index is 11.8. The lowest BCUT2D eigenvalue weighted by molar-refractivity contribution is 0.0593. The van der Waals surface area contributed by atoms with Gasteiger partial charge in [0, 0.05) is 12.2 Å². The monoisotopic (exact) mass is 248 g/mol. The highest BCUT2D eigenvalue weighted by Crippen LogP contribution is 2.16. The predicted molar refractivity (Wildman–Crippen MR) is 71.8 cm³/mol. The Morgan fingerprint density at radius 3 is 2.94 bits per heavy atom. The van der Waals surface area contributed by atoms with E-state index in [9.17, 15) is 4.79 Å². The molecule has 1 aliphatic heterocycles. The number of likely N-dealkylation sites (N-methyl/N-ethyl adjacent to an activating group) is 1. The maximum absolute atomic E-state index is 11.8. The minimum atomic E-state index is -0.357. The van der Waals surface area contributed by atoms with Crippen LogP contribution in [-0.2, 0) is 4.74 Å². The van der Waals surface area contributed by atoms with Crippen LogP contribution in [0, 0.1) is 6.92 Å². The summed E-state index contributed by atoms with van der Waals surface area (Å²) in [5, 5.41) is 2.79. The number of hydrogen-bond donors (Lipinski definition) is 1. The first kappa shape index (κ1) is 12.9. The van der Waals surface area contributed by atoms with Crippen LogP contribution < -0.4 is 5.32 Å². The number of aryl methyl sites for hydroxylation is 1. The van der Waals surface area contributed by atoms with Crippen LogP contribution in [0.2, 0.25) is 0 Å². The number of carbonyl (C=O) groups is 1. The molecule has 0 aromatic heterocycles. The zero-order chi connectivity index (χ0) is 13.0. The standard InChI is InChI=1S/C14H20N2O2/c1-11-6-3-4-8-13(11)15-14(17)18-12-7-5-9-16(2)10-12/h3-4,6,8,12H,5,7,9-10H2,1-2H3,(H,15,17). The second-order valence-corrected chi connectivity index (χ2v) is 4.87. The number of ether oxygens (including phenoxy) is 1. The molecule has 1 amide bonds. The SMILES string of the molecule is Cc1ccccc1NC(=O)OC1CCCN(C)C1. The molecular formula is C14H20N2O2. The number of para-hydroxylation sites is 1. The van der Waals surface area contributed by atoms with E-state index in [1.807, 2.05) is 31.2 Å². The quantitative estimate of drug-likeness (QED) is 0.874. The molecule has 18 heavy (non-hydrogen) atoms. The normalized spacial score (nSPS) is 20.4. The highest BCUT2D eigenvalue weighted by atomic mass is 16.6. The zero-order valence-corrected chi connectivity index (χ0v) is 11.0. The fourth-order valence-electron chi connectivity index (χ4n) is 2.22. The van der Waals surface area contributed by atoms with Gasteiger partial charge in [0.05, 0.1) is 0 Å². The average Bonchev–Trinajstić information content (AvgIpc) is 2.32. The molecule has 0 spiro atoms. The Morgan fingerprint density at radius 1 is 1.44 bits per heavy atom. The smallest absolute Gasteiger partial charge is 0.411 e. The molecular weight excluding hydrogens is 228 g/mol. The number of hydrogen-bond acceptors (Lipinski definition) is 3. The Balaban J connectivity index is 1.87. The Morgan fingerprint density at radius 2 is 2.22 bits per heavy atom. The van der Waals surface area contributed by atoms with Crippen molar-refractivity contribution in [1.82, 2.24) is 4.90 Å². The van der Waals surface area contributed by atoms with Gasteiger partial charge in [-0.2, -0.15) is 0 Å². The van der Waals surface area contributed by atoms with Crippen molar-refractivity contribution >= 4 is 11.8 Å². The fraction of sp³-hybridized carbons (Fsp3) is 0.500. The number of likely N-dealkylation sites (tertiary alicyclic amines) is 1. The molecule has 1 heterocycles. The van der Waals surface area contributed by atoms with Crippen LogP contribution in [0.1, 0.15) is 18.4 Å². The molecule has 2 rings (SSSR count). The van der Waals surface area contributed by atoms with Crippen LogP contribution in [0.5, 0.6) is 0 Å². The summed E-state index contributed by atoms with van der Waals surface area (Å²) in [7, 11) is 2.05. The molecule has 98 valence electrons. The number of anilines is 1. The Labute approximate surface area is 108 Å². The molecule has 0 aliphatic carbocycles. The molecule has 1 aromatic rings. The minimum Gasteiger partial charge on any atom is -0.445 e. The van der Waals surface area contributed by atoms with Gasteiger partial charge in [-0.05, 0) is 45.0 Å². The van der Waals surface area contributed by atoms with Gasteiger partial charge in [-0.15, -0.1) is 0 Å². The summed E-state index contributed by atoms with van der Waals surface area (Å²) in [4.78, 5) is 14.0. The number of nitrogens with zero attached hydrogens (tertiary/aromatic N) is 1. The molecule has 1 saturated heterocycles. The summed E-state index contributed by atoms with van der Waals surface area (Å²) in [5.41, 5.74) is 1.85. The summed E-state index contributed by atoms with van der Waals surface area (Å²) in [5.74, 6) is 0. The van der Waals surface area contributed by atoms with Crippen molar-refractivity contribution in [2.75, 3.05) is 25.5 Å². The molecule has 1 unspecified atom stereocenters. The summed E-state index contributed by atoms with van der Waals surface area (Å²) in [6.07, 6.45) is 1.68. The van der Waals surface area contributed by atoms with Gasteiger partial charge in [-0.1, -0.05) is 18.2 Å². The van der Waals surface area contributed by atoms with Crippen molar-refractivity contribution in [2.24, 2.45) is 0 Å². The first-order valence-electron chi connectivity index (χ1n) is 6.37. The van der Waals surface area contributed by atoms with Crippen molar-refractivity contribution < 1.29 is 9.53 Å². The molecule has 1 aliphatic rings. The van der Waals surface area contributed by atoms with Gasteiger partial charge in [0.1, 0.15) is 6.10 Å². The van der Waals surface area contributed by atoms with E-state index >= 15 is 0 Å². The van der Waals surface area contributed by atoms with E-state index in [1.165, 1.54) is 0 Å². The highest BCUT2D eigenvalue weighted by Gasteiger charge is 2.20. The Kier molecular flexibility index (Phi) is 4.20. The van der Waals surface area contributed by atoms with Crippen LogP contribution in [0.25, 0.3) is 0 Å². The zero-order valence-electron chi connectivity index (χ0n) is 11.0. The van der Waals surface area contributed by atoms with E-state index in [0.717, 1.165) is 37.2 Å². The summed E-state index contributed by atoms with van der Waals surface area (Å²) >= 11 is 0. The molecule has 1 atom stereocenters. The first-order chi connectivity index (χ1) is 8.65. The number of amides is 1. The molecule has 0 radical (unpaired) electrons. The number of carbonyl (C=O) groups excluding carboxylic acids is 1. The lowest BCUT2D eigenvalue weighted by atomic mass is 10.1. The maximum Gasteiger partial charge on any atom is 0.411 e. The van der Waals surface area contributed by atoms with E-state index in [-0.39, 0.29) is 12.2 Å². The second-order valence-electron chi connectivity index (χ2n) is 4.87. The third-order valence-electron chi connectivity index (χ3n) is 3.24. The van der Waals surface area contributed by atoms with Crippen molar-refractivity contribution in [3.05, 3.63) is 29.8 Å². The first-order valence-corrected chi connectivity index (χ1v) is 6.37. The Hall–Kier alpha value is -1.55. The van der Waals surface area contributed by atoms with Gasteiger partial charge in [0.25, 0.3) is 0 Å². The van der Waals surface area contributed by atoms with E-state index in [2.05, 4.69) is 17.3 Å². The van der Waals surface area contributed by atoms with E-state index in [0.29, 0.717) is 0 Å². The largest absolute Gasteiger partial charge is 0.445 e. The van der Waals surface area contributed by atoms with Crippen LogP contribution in [0.15, 0.2) is 24.3 Å². The Bertz CT molecular complexity index is 420. The van der Waals surface area contributed by atoms with Gasteiger partial charge >= 0.3 is 6.09 Å². The molecule has 4 heteroatoms. The second kappa shape index (κ2) is 5.87.